The van der Waals surface area contributed by atoms with Gasteiger partial charge >= 0.3 is 0 Å². The summed E-state index contributed by atoms with van der Waals surface area (Å²) in [6.07, 6.45) is 0.833. The van der Waals surface area contributed by atoms with Gasteiger partial charge in [0.15, 0.2) is 11.5 Å². The van der Waals surface area contributed by atoms with E-state index in [1.807, 2.05) is 42.5 Å². The van der Waals surface area contributed by atoms with Gasteiger partial charge in [-0.3, -0.25) is 15.0 Å². The number of rotatable bonds is 6. The predicted octanol–water partition coefficient (Wildman–Crippen LogP) is 3.64. The first kappa shape index (κ1) is 18.2. The Morgan fingerprint density at radius 2 is 1.85 bits per heavy atom. The van der Waals surface area contributed by atoms with Gasteiger partial charge in [-0.25, -0.2) is 0 Å². The molecule has 1 aliphatic rings. The molecule has 138 valence electrons. The minimum Gasteiger partial charge on any atom is -0.493 e. The summed E-state index contributed by atoms with van der Waals surface area (Å²) in [6, 6.07) is 12.6. The Bertz CT molecular complexity index is 779. The Hall–Kier alpha value is -2.60. The van der Waals surface area contributed by atoms with Crippen molar-refractivity contribution in [3.63, 3.8) is 0 Å². The van der Waals surface area contributed by atoms with Crippen molar-refractivity contribution in [1.82, 2.24) is 4.90 Å². The van der Waals surface area contributed by atoms with E-state index < -0.39 is 6.04 Å². The first-order valence-corrected chi connectivity index (χ1v) is 8.72. The van der Waals surface area contributed by atoms with Gasteiger partial charge in [0.1, 0.15) is 0 Å². The van der Waals surface area contributed by atoms with Gasteiger partial charge in [0, 0.05) is 23.1 Å². The molecule has 0 fully saturated rings. The molecule has 2 aromatic rings. The first-order valence-electron chi connectivity index (χ1n) is 8.72. The molecule has 0 aliphatic carbocycles. The van der Waals surface area contributed by atoms with Crippen LogP contribution in [0.25, 0.3) is 0 Å². The molecule has 1 aliphatic heterocycles. The molecule has 0 saturated carbocycles. The molecule has 2 atom stereocenters. The Labute approximate surface area is 153 Å². The normalized spacial score (nSPS) is 18.0. The Morgan fingerprint density at radius 1 is 1.19 bits per heavy atom. The number of hydrogen-bond donors (Lipinski definition) is 0. The van der Waals surface area contributed by atoms with E-state index in [-0.39, 0.29) is 11.0 Å². The SMILES string of the molecule is COc1cc2c(cc1OC)C(C)N(CC(c1ccccc1)[N+](=O)[O-])CC2. The highest BCUT2D eigenvalue weighted by atomic mass is 16.6. The predicted molar refractivity (Wildman–Crippen MR) is 99.4 cm³/mol. The fourth-order valence-corrected chi connectivity index (χ4v) is 3.64. The van der Waals surface area contributed by atoms with Gasteiger partial charge in [-0.15, -0.1) is 0 Å². The second kappa shape index (κ2) is 7.74. The fraction of sp³-hybridized carbons (Fsp3) is 0.400. The van der Waals surface area contributed by atoms with Gasteiger partial charge in [-0.1, -0.05) is 30.3 Å². The number of fused-ring (bicyclic) bond motifs is 1. The van der Waals surface area contributed by atoms with Crippen LogP contribution < -0.4 is 9.47 Å². The summed E-state index contributed by atoms with van der Waals surface area (Å²) >= 11 is 0. The Kier molecular flexibility index (Phi) is 5.42. The zero-order valence-electron chi connectivity index (χ0n) is 15.3. The van der Waals surface area contributed by atoms with Crippen molar-refractivity contribution in [2.75, 3.05) is 27.3 Å². The number of nitro groups is 1. The van der Waals surface area contributed by atoms with Crippen LogP contribution in [0.15, 0.2) is 42.5 Å². The molecule has 0 radical (unpaired) electrons. The molecule has 0 amide bonds. The smallest absolute Gasteiger partial charge is 0.250 e. The highest BCUT2D eigenvalue weighted by Gasteiger charge is 2.32. The number of nitrogens with zero attached hydrogens (tertiary/aromatic N) is 2. The first-order chi connectivity index (χ1) is 12.5. The summed E-state index contributed by atoms with van der Waals surface area (Å²) < 4.78 is 10.8. The van der Waals surface area contributed by atoms with Gasteiger partial charge in [-0.05, 0) is 36.6 Å². The topological polar surface area (TPSA) is 64.8 Å². The van der Waals surface area contributed by atoms with Gasteiger partial charge in [0.05, 0.1) is 20.8 Å². The van der Waals surface area contributed by atoms with Crippen LogP contribution in [0.3, 0.4) is 0 Å². The summed E-state index contributed by atoms with van der Waals surface area (Å²) in [5.74, 6) is 1.41. The van der Waals surface area contributed by atoms with Crippen LogP contribution in [-0.4, -0.2) is 37.1 Å². The molecule has 6 nitrogen and oxygen atoms in total. The van der Waals surface area contributed by atoms with Gasteiger partial charge < -0.3 is 9.47 Å². The van der Waals surface area contributed by atoms with Crippen molar-refractivity contribution in [3.05, 3.63) is 69.3 Å². The van der Waals surface area contributed by atoms with E-state index in [2.05, 4.69) is 11.8 Å². The summed E-state index contributed by atoms with van der Waals surface area (Å²) in [7, 11) is 3.25. The van der Waals surface area contributed by atoms with E-state index in [9.17, 15) is 10.1 Å². The quantitative estimate of drug-likeness (QED) is 0.584. The van der Waals surface area contributed by atoms with Crippen LogP contribution in [-0.2, 0) is 6.42 Å². The third-order valence-electron chi connectivity index (χ3n) is 5.16. The lowest BCUT2D eigenvalue weighted by Crippen LogP contribution is -2.38. The number of hydrogen-bond acceptors (Lipinski definition) is 5. The molecule has 1 heterocycles. The molecule has 2 unspecified atom stereocenters. The number of benzene rings is 2. The third kappa shape index (κ3) is 3.51. The van der Waals surface area contributed by atoms with E-state index in [4.69, 9.17) is 9.47 Å². The molecule has 6 heteroatoms. The van der Waals surface area contributed by atoms with Crippen LogP contribution in [0.4, 0.5) is 0 Å². The van der Waals surface area contributed by atoms with E-state index in [0.717, 1.165) is 29.8 Å². The minimum absolute atomic E-state index is 0.0738. The average Bonchev–Trinajstić information content (AvgIpc) is 2.67. The zero-order valence-corrected chi connectivity index (χ0v) is 15.3. The molecule has 0 bridgehead atoms. The Balaban J connectivity index is 1.86. The Morgan fingerprint density at radius 3 is 2.46 bits per heavy atom. The maximum absolute atomic E-state index is 11.7. The molecule has 0 N–H and O–H groups in total. The molecular weight excluding hydrogens is 332 g/mol. The van der Waals surface area contributed by atoms with E-state index in [1.54, 1.807) is 14.2 Å². The molecule has 3 rings (SSSR count). The molecular formula is C20H24N2O4. The standard InChI is InChI=1S/C20H24N2O4/c1-14-17-12-20(26-3)19(25-2)11-16(17)9-10-21(14)13-18(22(23)24)15-7-5-4-6-8-15/h4-8,11-12,14,18H,9-10,13H2,1-3H3. The van der Waals surface area contributed by atoms with E-state index in [1.165, 1.54) is 5.56 Å². The van der Waals surface area contributed by atoms with Gasteiger partial charge in [-0.2, -0.15) is 0 Å². The summed E-state index contributed by atoms with van der Waals surface area (Å²) in [5.41, 5.74) is 3.09. The average molecular weight is 356 g/mol. The lowest BCUT2D eigenvalue weighted by Gasteiger charge is -2.36. The minimum atomic E-state index is -0.736. The third-order valence-corrected chi connectivity index (χ3v) is 5.16. The molecule has 0 aromatic heterocycles. The zero-order chi connectivity index (χ0) is 18.7. The molecule has 0 spiro atoms. The van der Waals surface area contributed by atoms with Crippen molar-refractivity contribution in [2.45, 2.75) is 25.4 Å². The second-order valence-electron chi connectivity index (χ2n) is 6.54. The number of methoxy groups -OCH3 is 2. The number of ether oxygens (including phenoxy) is 2. The molecule has 26 heavy (non-hydrogen) atoms. The van der Waals surface area contributed by atoms with Crippen LogP contribution >= 0.6 is 0 Å². The summed E-state index contributed by atoms with van der Waals surface area (Å²) in [5, 5.41) is 11.7. The van der Waals surface area contributed by atoms with Crippen LogP contribution in [0.1, 0.15) is 35.7 Å². The maximum Gasteiger partial charge on any atom is 0.250 e. The van der Waals surface area contributed by atoms with Crippen molar-refractivity contribution in [1.29, 1.82) is 0 Å². The van der Waals surface area contributed by atoms with Crippen molar-refractivity contribution < 1.29 is 14.4 Å². The van der Waals surface area contributed by atoms with Gasteiger partial charge in [0.2, 0.25) is 0 Å². The lowest BCUT2D eigenvalue weighted by molar-refractivity contribution is -0.530. The molecule has 2 aromatic carbocycles. The fourth-order valence-electron chi connectivity index (χ4n) is 3.64. The summed E-state index contributed by atoms with van der Waals surface area (Å²) in [4.78, 5) is 13.6. The summed E-state index contributed by atoms with van der Waals surface area (Å²) in [6.45, 7) is 3.25. The van der Waals surface area contributed by atoms with Crippen LogP contribution in [0.5, 0.6) is 11.5 Å². The van der Waals surface area contributed by atoms with Crippen molar-refractivity contribution in [3.8, 4) is 11.5 Å². The van der Waals surface area contributed by atoms with E-state index >= 15 is 0 Å². The largest absolute Gasteiger partial charge is 0.493 e. The van der Waals surface area contributed by atoms with Crippen LogP contribution in [0.2, 0.25) is 0 Å². The lowest BCUT2D eigenvalue weighted by atomic mass is 9.92. The van der Waals surface area contributed by atoms with Gasteiger partial charge in [0.25, 0.3) is 6.04 Å². The maximum atomic E-state index is 11.7. The monoisotopic (exact) mass is 356 g/mol. The van der Waals surface area contributed by atoms with Crippen molar-refractivity contribution >= 4 is 0 Å². The highest BCUT2D eigenvalue weighted by molar-refractivity contribution is 5.49. The molecule has 0 saturated heterocycles. The second-order valence-corrected chi connectivity index (χ2v) is 6.54. The highest BCUT2D eigenvalue weighted by Crippen LogP contribution is 2.38. The van der Waals surface area contributed by atoms with Crippen LogP contribution in [0, 0.1) is 10.1 Å². The van der Waals surface area contributed by atoms with Crippen molar-refractivity contribution in [2.24, 2.45) is 0 Å². The van der Waals surface area contributed by atoms with E-state index in [0.29, 0.717) is 12.3 Å².